The Hall–Kier alpha value is -3.06. The van der Waals surface area contributed by atoms with E-state index < -0.39 is 11.7 Å². The average molecular weight is 493 g/mol. The van der Waals surface area contributed by atoms with Crippen LogP contribution in [0.25, 0.3) is 11.1 Å². The molecule has 0 radical (unpaired) electrons. The lowest BCUT2D eigenvalue weighted by molar-refractivity contribution is -0.126. The van der Waals surface area contributed by atoms with Crippen LogP contribution in [0.5, 0.6) is 0 Å². The molecule has 7 nitrogen and oxygen atoms in total. The summed E-state index contributed by atoms with van der Waals surface area (Å²) < 4.78 is 16.8. The lowest BCUT2D eigenvalue weighted by Gasteiger charge is -2.57. The van der Waals surface area contributed by atoms with Crippen LogP contribution >= 0.6 is 0 Å². The molecule has 2 aromatic rings. The van der Waals surface area contributed by atoms with Crippen LogP contribution in [-0.4, -0.2) is 49.7 Å². The third-order valence-electron chi connectivity index (χ3n) is 7.47. The van der Waals surface area contributed by atoms with Gasteiger partial charge in [0.2, 0.25) is 0 Å². The first kappa shape index (κ1) is 24.6. The Kier molecular flexibility index (Phi) is 6.68. The number of benzene rings is 2. The number of carbonyl (C=O) groups is 2. The number of fused-ring (bicyclic) bond motifs is 3. The second-order valence-electron chi connectivity index (χ2n) is 11.4. The van der Waals surface area contributed by atoms with Gasteiger partial charge in [0.25, 0.3) is 0 Å². The van der Waals surface area contributed by atoms with E-state index in [1.54, 1.807) is 0 Å². The fourth-order valence-electron chi connectivity index (χ4n) is 5.95. The minimum atomic E-state index is -0.477. The zero-order chi connectivity index (χ0) is 25.3. The van der Waals surface area contributed by atoms with Crippen LogP contribution in [0.2, 0.25) is 0 Å². The number of hydrogen-bond donors (Lipinski definition) is 2. The van der Waals surface area contributed by atoms with Gasteiger partial charge in [0.05, 0.1) is 12.7 Å². The van der Waals surface area contributed by atoms with Crippen molar-refractivity contribution in [1.29, 1.82) is 0 Å². The van der Waals surface area contributed by atoms with Gasteiger partial charge in [0, 0.05) is 18.5 Å². The zero-order valence-corrected chi connectivity index (χ0v) is 21.3. The van der Waals surface area contributed by atoms with Gasteiger partial charge in [-0.1, -0.05) is 48.5 Å². The molecule has 2 aromatic carbocycles. The van der Waals surface area contributed by atoms with Gasteiger partial charge in [0.15, 0.2) is 0 Å². The third-order valence-corrected chi connectivity index (χ3v) is 7.47. The van der Waals surface area contributed by atoms with E-state index in [1.165, 1.54) is 22.3 Å². The van der Waals surface area contributed by atoms with E-state index in [2.05, 4.69) is 34.9 Å². The summed E-state index contributed by atoms with van der Waals surface area (Å²) in [6.45, 7) is 6.79. The maximum Gasteiger partial charge on any atom is 0.407 e. The summed E-state index contributed by atoms with van der Waals surface area (Å²) in [5.41, 5.74) is 4.65. The molecule has 2 fully saturated rings. The smallest absolute Gasteiger partial charge is 0.407 e. The van der Waals surface area contributed by atoms with E-state index in [1.807, 2.05) is 45.0 Å². The predicted molar refractivity (Wildman–Crippen MR) is 137 cm³/mol. The van der Waals surface area contributed by atoms with Crippen molar-refractivity contribution in [3.05, 3.63) is 59.7 Å². The summed E-state index contributed by atoms with van der Waals surface area (Å²) in [4.78, 5) is 24.2. The first-order valence-corrected chi connectivity index (χ1v) is 12.9. The average Bonchev–Trinajstić information content (AvgIpc) is 3.09. The van der Waals surface area contributed by atoms with Crippen molar-refractivity contribution in [2.75, 3.05) is 19.8 Å². The normalized spacial score (nSPS) is 24.2. The molecule has 0 atom stereocenters. The van der Waals surface area contributed by atoms with Crippen LogP contribution < -0.4 is 10.6 Å². The highest BCUT2D eigenvalue weighted by atomic mass is 16.6. The maximum atomic E-state index is 12.3. The monoisotopic (exact) mass is 492 g/mol. The number of alkyl carbamates (subject to hydrolysis) is 2. The first-order chi connectivity index (χ1) is 17.2. The molecule has 3 aliphatic rings. The van der Waals surface area contributed by atoms with Gasteiger partial charge in [-0.15, -0.1) is 0 Å². The SMILES string of the molecule is CC(C)(C)OC(=O)NC1CC2(C1)CC(OCCNC(=O)OCC1c3ccccc3-c3ccccc31)C2. The van der Waals surface area contributed by atoms with Crippen molar-refractivity contribution >= 4 is 12.2 Å². The number of ether oxygens (including phenoxy) is 3. The third kappa shape index (κ3) is 5.36. The second-order valence-corrected chi connectivity index (χ2v) is 11.4. The van der Waals surface area contributed by atoms with Crippen LogP contribution in [-0.2, 0) is 14.2 Å². The van der Waals surface area contributed by atoms with Gasteiger partial charge in [-0.05, 0) is 74.1 Å². The van der Waals surface area contributed by atoms with Crippen molar-refractivity contribution in [3.8, 4) is 11.1 Å². The van der Waals surface area contributed by atoms with Crippen LogP contribution in [0.1, 0.15) is 63.5 Å². The molecule has 0 aliphatic heterocycles. The molecule has 2 saturated carbocycles. The van der Waals surface area contributed by atoms with E-state index >= 15 is 0 Å². The Morgan fingerprint density at radius 2 is 1.53 bits per heavy atom. The van der Waals surface area contributed by atoms with Gasteiger partial charge < -0.3 is 24.8 Å². The van der Waals surface area contributed by atoms with E-state index in [0.717, 1.165) is 25.7 Å². The van der Waals surface area contributed by atoms with Gasteiger partial charge in [0.1, 0.15) is 12.2 Å². The molecule has 2 amide bonds. The van der Waals surface area contributed by atoms with Crippen molar-refractivity contribution in [2.45, 2.75) is 70.1 Å². The fraction of sp³-hybridized carbons (Fsp3) is 0.517. The Balaban J connectivity index is 0.965. The van der Waals surface area contributed by atoms with Crippen molar-refractivity contribution < 1.29 is 23.8 Å². The Bertz CT molecular complexity index is 1070. The van der Waals surface area contributed by atoms with E-state index in [-0.39, 0.29) is 24.2 Å². The van der Waals surface area contributed by atoms with Crippen molar-refractivity contribution in [3.63, 3.8) is 0 Å². The largest absolute Gasteiger partial charge is 0.449 e. The minimum absolute atomic E-state index is 0.0571. The molecule has 1 spiro atoms. The van der Waals surface area contributed by atoms with Crippen molar-refractivity contribution in [1.82, 2.24) is 10.6 Å². The molecule has 36 heavy (non-hydrogen) atoms. The van der Waals surface area contributed by atoms with Gasteiger partial charge in [-0.25, -0.2) is 9.59 Å². The van der Waals surface area contributed by atoms with E-state index in [4.69, 9.17) is 14.2 Å². The minimum Gasteiger partial charge on any atom is -0.449 e. The molecule has 5 rings (SSSR count). The molecule has 0 unspecified atom stereocenters. The molecule has 0 saturated heterocycles. The molecule has 0 aromatic heterocycles. The summed E-state index contributed by atoms with van der Waals surface area (Å²) in [7, 11) is 0. The molecule has 7 heteroatoms. The molecule has 192 valence electrons. The summed E-state index contributed by atoms with van der Waals surface area (Å²) in [5, 5.41) is 5.76. The standard InChI is InChI=1S/C29H36N2O5/c1-28(2,3)36-27(33)31-19-14-29(15-19)16-20(17-29)34-13-12-30-26(32)35-18-25-23-10-6-4-8-21(23)22-9-5-7-11-24(22)25/h4-11,19-20,25H,12-18H2,1-3H3,(H,30,32)(H,31,33). The highest BCUT2D eigenvalue weighted by molar-refractivity contribution is 5.79. The molecule has 3 aliphatic carbocycles. The second kappa shape index (κ2) is 9.77. The van der Waals surface area contributed by atoms with Crippen molar-refractivity contribution in [2.24, 2.45) is 5.41 Å². The van der Waals surface area contributed by atoms with Gasteiger partial charge in [-0.3, -0.25) is 0 Å². The topological polar surface area (TPSA) is 85.9 Å². The zero-order valence-electron chi connectivity index (χ0n) is 21.3. The Labute approximate surface area is 212 Å². The molecule has 0 heterocycles. The predicted octanol–water partition coefficient (Wildman–Crippen LogP) is 5.38. The van der Waals surface area contributed by atoms with Gasteiger partial charge >= 0.3 is 12.2 Å². The number of carbonyl (C=O) groups excluding carboxylic acids is 2. The first-order valence-electron chi connectivity index (χ1n) is 12.9. The summed E-state index contributed by atoms with van der Waals surface area (Å²) in [6, 6.07) is 16.8. The fourth-order valence-corrected chi connectivity index (χ4v) is 5.95. The molecule has 0 bridgehead atoms. The quantitative estimate of drug-likeness (QED) is 0.507. The number of nitrogens with one attached hydrogen (secondary N) is 2. The number of rotatable bonds is 7. The lowest BCUT2D eigenvalue weighted by atomic mass is 9.53. The number of hydrogen-bond acceptors (Lipinski definition) is 5. The van der Waals surface area contributed by atoms with Crippen LogP contribution in [0.15, 0.2) is 48.5 Å². The van der Waals surface area contributed by atoms with Crippen LogP contribution in [0, 0.1) is 5.41 Å². The highest BCUT2D eigenvalue weighted by Gasteiger charge is 2.53. The molecular formula is C29H36N2O5. The number of amides is 2. The summed E-state index contributed by atoms with van der Waals surface area (Å²) in [6.07, 6.45) is 3.43. The summed E-state index contributed by atoms with van der Waals surface area (Å²) in [5.74, 6) is 0.0571. The summed E-state index contributed by atoms with van der Waals surface area (Å²) >= 11 is 0. The Morgan fingerprint density at radius 3 is 2.14 bits per heavy atom. The van der Waals surface area contributed by atoms with Gasteiger partial charge in [-0.2, -0.15) is 0 Å². The molecule has 2 N–H and O–H groups in total. The van der Waals surface area contributed by atoms with Crippen LogP contribution in [0.3, 0.4) is 0 Å². The van der Waals surface area contributed by atoms with Crippen LogP contribution in [0.4, 0.5) is 9.59 Å². The van der Waals surface area contributed by atoms with E-state index in [9.17, 15) is 9.59 Å². The Morgan fingerprint density at radius 1 is 0.917 bits per heavy atom. The molecular weight excluding hydrogens is 456 g/mol. The lowest BCUT2D eigenvalue weighted by Crippen LogP contribution is -2.58. The van der Waals surface area contributed by atoms with E-state index in [0.29, 0.717) is 25.2 Å². The highest BCUT2D eigenvalue weighted by Crippen LogP contribution is 2.56. The maximum absolute atomic E-state index is 12.3.